The molecule has 0 amide bonds. The Kier molecular flexibility index (Phi) is 5.52. The van der Waals surface area contributed by atoms with Gasteiger partial charge in [-0.2, -0.15) is 0 Å². The molecule has 2 rings (SSSR count). The smallest absolute Gasteiger partial charge is 0.330 e. The second-order valence-corrected chi connectivity index (χ2v) is 4.59. The third kappa shape index (κ3) is 4.44. The summed E-state index contributed by atoms with van der Waals surface area (Å²) in [5.41, 5.74) is 0.622. The average Bonchev–Trinajstić information content (AvgIpc) is 2.60. The summed E-state index contributed by atoms with van der Waals surface area (Å²) >= 11 is 0. The summed E-state index contributed by atoms with van der Waals surface area (Å²) < 4.78 is 10.2. The van der Waals surface area contributed by atoms with E-state index in [0.29, 0.717) is 11.3 Å². The van der Waals surface area contributed by atoms with Gasteiger partial charge in [-0.1, -0.05) is 36.9 Å². The van der Waals surface area contributed by atoms with Crippen molar-refractivity contribution in [3.8, 4) is 11.5 Å². The molecule has 0 heterocycles. The first-order chi connectivity index (χ1) is 11.1. The molecule has 0 aliphatic heterocycles. The van der Waals surface area contributed by atoms with Crippen molar-refractivity contribution in [3.05, 3.63) is 72.3 Å². The molecule has 23 heavy (non-hydrogen) atoms. The van der Waals surface area contributed by atoms with Crippen LogP contribution in [0.25, 0.3) is 0 Å². The highest BCUT2D eigenvalue weighted by Crippen LogP contribution is 2.25. The van der Waals surface area contributed by atoms with E-state index < -0.39 is 5.97 Å². The number of phenolic OH excluding ortho intramolecular Hbond substituents is 1. The van der Waals surface area contributed by atoms with E-state index >= 15 is 0 Å². The van der Waals surface area contributed by atoms with Gasteiger partial charge in [-0.25, -0.2) is 4.79 Å². The number of ether oxygens (including phenoxy) is 2. The number of hydrogen-bond donors (Lipinski definition) is 1. The number of rotatable bonds is 7. The molecule has 0 fully saturated rings. The normalized spacial score (nSPS) is 9.91. The van der Waals surface area contributed by atoms with Gasteiger partial charge in [0.2, 0.25) is 0 Å². The van der Waals surface area contributed by atoms with E-state index in [4.69, 9.17) is 9.47 Å². The predicted octanol–water partition coefficient (Wildman–Crippen LogP) is 2.73. The summed E-state index contributed by atoms with van der Waals surface area (Å²) in [6.07, 6.45) is 1.07. The number of benzene rings is 2. The van der Waals surface area contributed by atoms with Crippen molar-refractivity contribution < 1.29 is 24.2 Å². The number of aromatic hydroxyl groups is 1. The molecule has 0 saturated heterocycles. The zero-order chi connectivity index (χ0) is 16.7. The fourth-order valence-corrected chi connectivity index (χ4v) is 1.89. The molecule has 0 atom stereocenters. The second kappa shape index (κ2) is 7.79. The largest absolute Gasteiger partial charge is 0.507 e. The minimum Gasteiger partial charge on any atom is -0.507 e. The zero-order valence-corrected chi connectivity index (χ0v) is 12.4. The van der Waals surface area contributed by atoms with Crippen molar-refractivity contribution in [1.82, 2.24) is 0 Å². The van der Waals surface area contributed by atoms with Crippen LogP contribution in [0, 0.1) is 0 Å². The van der Waals surface area contributed by atoms with Gasteiger partial charge in [-0.3, -0.25) is 4.79 Å². The first-order valence-corrected chi connectivity index (χ1v) is 6.96. The molecule has 118 valence electrons. The Labute approximate surface area is 133 Å². The van der Waals surface area contributed by atoms with Crippen molar-refractivity contribution in [1.29, 1.82) is 0 Å². The van der Waals surface area contributed by atoms with Gasteiger partial charge >= 0.3 is 5.97 Å². The Hall–Kier alpha value is -3.08. The van der Waals surface area contributed by atoms with Crippen molar-refractivity contribution in [2.75, 3.05) is 13.2 Å². The van der Waals surface area contributed by atoms with Crippen LogP contribution in [0.2, 0.25) is 0 Å². The van der Waals surface area contributed by atoms with Crippen LogP contribution in [-0.2, 0) is 9.53 Å². The number of hydrogen-bond acceptors (Lipinski definition) is 5. The zero-order valence-electron chi connectivity index (χ0n) is 12.4. The molecule has 0 unspecified atom stereocenters. The van der Waals surface area contributed by atoms with Crippen LogP contribution in [0.4, 0.5) is 0 Å². The second-order valence-electron chi connectivity index (χ2n) is 4.59. The van der Waals surface area contributed by atoms with Crippen LogP contribution in [0.3, 0.4) is 0 Å². The van der Waals surface area contributed by atoms with E-state index in [-0.39, 0.29) is 30.3 Å². The minimum atomic E-state index is -0.528. The van der Waals surface area contributed by atoms with Crippen LogP contribution < -0.4 is 4.74 Å². The van der Waals surface area contributed by atoms with Gasteiger partial charge in [0.25, 0.3) is 0 Å². The fourth-order valence-electron chi connectivity index (χ4n) is 1.89. The topological polar surface area (TPSA) is 72.8 Å². The number of carbonyl (C=O) groups is 2. The van der Waals surface area contributed by atoms with Crippen molar-refractivity contribution in [3.63, 3.8) is 0 Å². The maximum absolute atomic E-state index is 12.4. The van der Waals surface area contributed by atoms with E-state index in [1.807, 2.05) is 0 Å². The van der Waals surface area contributed by atoms with E-state index in [1.165, 1.54) is 18.2 Å². The van der Waals surface area contributed by atoms with E-state index in [1.54, 1.807) is 30.3 Å². The highest BCUT2D eigenvalue weighted by molar-refractivity contribution is 6.10. The molecule has 0 bridgehead atoms. The SMILES string of the molecule is C=CC(=O)OCCOc1ccc(O)c(C(=O)c2ccccc2)c1. The van der Waals surface area contributed by atoms with Crippen LogP contribution in [0.15, 0.2) is 61.2 Å². The third-order valence-electron chi connectivity index (χ3n) is 3.01. The Morgan fingerprint density at radius 3 is 2.52 bits per heavy atom. The summed E-state index contributed by atoms with van der Waals surface area (Å²) in [6.45, 7) is 3.48. The minimum absolute atomic E-state index is 0.0632. The lowest BCUT2D eigenvalue weighted by atomic mass is 10.0. The number of esters is 1. The molecule has 0 aliphatic carbocycles. The molecule has 5 heteroatoms. The number of ketones is 1. The molecule has 0 saturated carbocycles. The third-order valence-corrected chi connectivity index (χ3v) is 3.01. The van der Waals surface area contributed by atoms with Crippen molar-refractivity contribution >= 4 is 11.8 Å². The quantitative estimate of drug-likeness (QED) is 0.368. The fraction of sp³-hybridized carbons (Fsp3) is 0.111. The van der Waals surface area contributed by atoms with Crippen LogP contribution in [0.5, 0.6) is 11.5 Å². The van der Waals surface area contributed by atoms with Crippen LogP contribution in [-0.4, -0.2) is 30.1 Å². The van der Waals surface area contributed by atoms with Gasteiger partial charge in [0.15, 0.2) is 5.78 Å². The highest BCUT2D eigenvalue weighted by Gasteiger charge is 2.14. The number of carbonyl (C=O) groups excluding carboxylic acids is 2. The summed E-state index contributed by atoms with van der Waals surface area (Å²) in [6, 6.07) is 13.0. The first kappa shape index (κ1) is 16.3. The van der Waals surface area contributed by atoms with Gasteiger partial charge in [0.05, 0.1) is 5.56 Å². The van der Waals surface area contributed by atoms with Gasteiger partial charge in [-0.15, -0.1) is 0 Å². The Morgan fingerprint density at radius 1 is 1.09 bits per heavy atom. The molecule has 0 aliphatic rings. The van der Waals surface area contributed by atoms with Crippen LogP contribution >= 0.6 is 0 Å². The lowest BCUT2D eigenvalue weighted by molar-refractivity contribution is -0.138. The molecule has 0 radical (unpaired) electrons. The molecule has 1 N–H and O–H groups in total. The van der Waals surface area contributed by atoms with E-state index in [0.717, 1.165) is 6.08 Å². The molecule has 2 aromatic rings. The lowest BCUT2D eigenvalue weighted by Gasteiger charge is -2.09. The first-order valence-electron chi connectivity index (χ1n) is 6.96. The average molecular weight is 312 g/mol. The van der Waals surface area contributed by atoms with Gasteiger partial charge < -0.3 is 14.6 Å². The maximum Gasteiger partial charge on any atom is 0.330 e. The molecule has 2 aromatic carbocycles. The van der Waals surface area contributed by atoms with E-state index in [9.17, 15) is 14.7 Å². The maximum atomic E-state index is 12.4. The van der Waals surface area contributed by atoms with Crippen LogP contribution in [0.1, 0.15) is 15.9 Å². The lowest BCUT2D eigenvalue weighted by Crippen LogP contribution is -2.10. The molecule has 0 spiro atoms. The molecule has 0 aromatic heterocycles. The van der Waals surface area contributed by atoms with Crippen molar-refractivity contribution in [2.24, 2.45) is 0 Å². The van der Waals surface area contributed by atoms with Gasteiger partial charge in [0.1, 0.15) is 24.7 Å². The standard InChI is InChI=1S/C18H16O5/c1-2-17(20)23-11-10-22-14-8-9-16(19)15(12-14)18(21)13-6-4-3-5-7-13/h2-9,12,19H,1,10-11H2. The van der Waals surface area contributed by atoms with Gasteiger partial charge in [-0.05, 0) is 18.2 Å². The summed E-state index contributed by atoms with van der Waals surface area (Å²) in [5.74, 6) is -0.549. The summed E-state index contributed by atoms with van der Waals surface area (Å²) in [4.78, 5) is 23.3. The molecular weight excluding hydrogens is 296 g/mol. The van der Waals surface area contributed by atoms with Gasteiger partial charge in [0, 0.05) is 11.6 Å². The summed E-state index contributed by atoms with van der Waals surface area (Å²) in [7, 11) is 0. The Bertz CT molecular complexity index is 707. The predicted molar refractivity (Wildman–Crippen MR) is 84.6 cm³/mol. The molecule has 5 nitrogen and oxygen atoms in total. The summed E-state index contributed by atoms with van der Waals surface area (Å²) in [5, 5.41) is 9.89. The number of phenols is 1. The van der Waals surface area contributed by atoms with Crippen molar-refractivity contribution in [2.45, 2.75) is 0 Å². The Morgan fingerprint density at radius 2 is 1.83 bits per heavy atom. The monoisotopic (exact) mass is 312 g/mol. The highest BCUT2D eigenvalue weighted by atomic mass is 16.6. The molecular formula is C18H16O5. The van der Waals surface area contributed by atoms with E-state index in [2.05, 4.69) is 6.58 Å². The Balaban J connectivity index is 2.05.